The van der Waals surface area contributed by atoms with E-state index in [0.29, 0.717) is 16.2 Å². The van der Waals surface area contributed by atoms with Gasteiger partial charge >= 0.3 is 6.03 Å². The SMILES string of the molecule is Cc1ccc(COc2ccccc2/C=C2\C(=O)NC(=O)N(c3cccc([N+](=O)[O-])c3)C2=O)cc1C. The van der Waals surface area contributed by atoms with Crippen LogP contribution in [0.15, 0.2) is 72.3 Å². The number of ether oxygens (including phenoxy) is 1. The zero-order chi connectivity index (χ0) is 25.1. The maximum absolute atomic E-state index is 13.2. The number of non-ortho nitro benzene ring substituents is 1. The lowest BCUT2D eigenvalue weighted by Gasteiger charge is -2.26. The molecule has 3 aromatic rings. The van der Waals surface area contributed by atoms with Gasteiger partial charge in [0.25, 0.3) is 17.5 Å². The summed E-state index contributed by atoms with van der Waals surface area (Å²) in [5, 5.41) is 13.2. The summed E-state index contributed by atoms with van der Waals surface area (Å²) in [7, 11) is 0. The van der Waals surface area contributed by atoms with Crippen LogP contribution >= 0.6 is 0 Å². The van der Waals surface area contributed by atoms with Crippen molar-refractivity contribution in [3.05, 3.63) is 105 Å². The van der Waals surface area contributed by atoms with E-state index in [1.54, 1.807) is 24.3 Å². The molecule has 1 aliphatic heterocycles. The van der Waals surface area contributed by atoms with E-state index in [0.717, 1.165) is 17.2 Å². The second-order valence-corrected chi connectivity index (χ2v) is 7.98. The molecule has 9 nitrogen and oxygen atoms in total. The number of rotatable bonds is 6. The highest BCUT2D eigenvalue weighted by Crippen LogP contribution is 2.28. The standard InChI is InChI=1S/C26H21N3O6/c1-16-10-11-18(12-17(16)2)15-35-23-9-4-3-6-19(23)13-22-24(30)27-26(32)28(25(22)31)20-7-5-8-21(14-20)29(33)34/h3-14H,15H2,1-2H3,(H,27,30,32)/b22-13+. The van der Waals surface area contributed by atoms with Crippen molar-refractivity contribution < 1.29 is 24.0 Å². The lowest BCUT2D eigenvalue weighted by atomic mass is 10.1. The van der Waals surface area contributed by atoms with Gasteiger partial charge in [-0.15, -0.1) is 0 Å². The number of nitro groups is 1. The molecule has 0 aliphatic carbocycles. The first-order valence-electron chi connectivity index (χ1n) is 10.7. The van der Waals surface area contributed by atoms with Crippen LogP contribution in [-0.2, 0) is 16.2 Å². The van der Waals surface area contributed by atoms with Crippen molar-refractivity contribution in [2.75, 3.05) is 4.90 Å². The summed E-state index contributed by atoms with van der Waals surface area (Å²) in [4.78, 5) is 49.3. The van der Waals surface area contributed by atoms with Gasteiger partial charge in [-0.05, 0) is 48.7 Å². The van der Waals surface area contributed by atoms with Crippen LogP contribution in [0.1, 0.15) is 22.3 Å². The number of benzene rings is 3. The van der Waals surface area contributed by atoms with E-state index in [-0.39, 0.29) is 23.6 Å². The third kappa shape index (κ3) is 4.93. The van der Waals surface area contributed by atoms with Crippen molar-refractivity contribution in [1.29, 1.82) is 0 Å². The fourth-order valence-electron chi connectivity index (χ4n) is 3.58. The lowest BCUT2D eigenvalue weighted by Crippen LogP contribution is -2.54. The highest BCUT2D eigenvalue weighted by Gasteiger charge is 2.37. The summed E-state index contributed by atoms with van der Waals surface area (Å²) in [6.07, 6.45) is 1.34. The number of carbonyl (C=O) groups excluding carboxylic acids is 3. The summed E-state index contributed by atoms with van der Waals surface area (Å²) in [5.41, 5.74) is 3.10. The van der Waals surface area contributed by atoms with Gasteiger partial charge in [0.15, 0.2) is 0 Å². The maximum atomic E-state index is 13.2. The minimum atomic E-state index is -0.989. The normalized spacial score (nSPS) is 14.7. The molecule has 1 fully saturated rings. The third-order valence-electron chi connectivity index (χ3n) is 5.58. The monoisotopic (exact) mass is 471 g/mol. The van der Waals surface area contributed by atoms with Gasteiger partial charge in [-0.2, -0.15) is 0 Å². The van der Waals surface area contributed by atoms with Gasteiger partial charge in [-0.25, -0.2) is 9.69 Å². The van der Waals surface area contributed by atoms with E-state index in [2.05, 4.69) is 5.32 Å². The number of para-hydroxylation sites is 1. The van der Waals surface area contributed by atoms with Crippen molar-refractivity contribution in [2.24, 2.45) is 0 Å². The first kappa shape index (κ1) is 23.4. The number of aryl methyl sites for hydroxylation is 2. The molecule has 1 aliphatic rings. The molecule has 0 saturated carbocycles. The van der Waals surface area contributed by atoms with E-state index in [9.17, 15) is 24.5 Å². The quantitative estimate of drug-likeness (QED) is 0.245. The van der Waals surface area contributed by atoms with Crippen molar-refractivity contribution in [2.45, 2.75) is 20.5 Å². The number of amides is 4. The topological polar surface area (TPSA) is 119 Å². The van der Waals surface area contributed by atoms with Crippen molar-refractivity contribution in [3.8, 4) is 5.75 Å². The highest BCUT2D eigenvalue weighted by atomic mass is 16.6. The molecule has 1 N–H and O–H groups in total. The molecule has 1 heterocycles. The molecule has 35 heavy (non-hydrogen) atoms. The number of nitrogens with zero attached hydrogens (tertiary/aromatic N) is 2. The first-order chi connectivity index (χ1) is 16.7. The fourth-order valence-corrected chi connectivity index (χ4v) is 3.58. The summed E-state index contributed by atoms with van der Waals surface area (Å²) in [6, 6.07) is 16.9. The molecule has 0 spiro atoms. The van der Waals surface area contributed by atoms with Crippen LogP contribution < -0.4 is 15.0 Å². The van der Waals surface area contributed by atoms with Crippen molar-refractivity contribution in [3.63, 3.8) is 0 Å². The molecule has 3 aromatic carbocycles. The zero-order valence-electron chi connectivity index (χ0n) is 19.0. The lowest BCUT2D eigenvalue weighted by molar-refractivity contribution is -0.384. The van der Waals surface area contributed by atoms with Gasteiger partial charge in [0, 0.05) is 17.7 Å². The molecule has 176 valence electrons. The van der Waals surface area contributed by atoms with Gasteiger partial charge in [0.05, 0.1) is 10.6 Å². The van der Waals surface area contributed by atoms with E-state index in [1.165, 1.54) is 29.8 Å². The second-order valence-electron chi connectivity index (χ2n) is 7.98. The van der Waals surface area contributed by atoms with E-state index >= 15 is 0 Å². The summed E-state index contributed by atoms with van der Waals surface area (Å²) < 4.78 is 5.96. The van der Waals surface area contributed by atoms with Crippen LogP contribution in [0.4, 0.5) is 16.2 Å². The van der Waals surface area contributed by atoms with Crippen molar-refractivity contribution >= 4 is 35.3 Å². The molecule has 0 aromatic heterocycles. The Labute approximate surface area is 200 Å². The first-order valence-corrected chi connectivity index (χ1v) is 10.7. The fraction of sp³-hybridized carbons (Fsp3) is 0.115. The Bertz CT molecular complexity index is 1400. The summed E-state index contributed by atoms with van der Waals surface area (Å²) >= 11 is 0. The number of hydrogen-bond acceptors (Lipinski definition) is 6. The predicted molar refractivity (Wildman–Crippen MR) is 129 cm³/mol. The van der Waals surface area contributed by atoms with E-state index in [4.69, 9.17) is 4.74 Å². The summed E-state index contributed by atoms with van der Waals surface area (Å²) in [5.74, 6) is -1.33. The van der Waals surface area contributed by atoms with Gasteiger partial charge in [0.2, 0.25) is 0 Å². The number of carbonyl (C=O) groups is 3. The second kappa shape index (κ2) is 9.60. The Morgan fingerprint density at radius 3 is 2.49 bits per heavy atom. The number of urea groups is 1. The van der Waals surface area contributed by atoms with Crippen LogP contribution in [0.25, 0.3) is 6.08 Å². The predicted octanol–water partition coefficient (Wildman–Crippen LogP) is 4.46. The smallest absolute Gasteiger partial charge is 0.335 e. The molecule has 1 saturated heterocycles. The molecule has 9 heteroatoms. The average molecular weight is 471 g/mol. The average Bonchev–Trinajstić information content (AvgIpc) is 2.83. The van der Waals surface area contributed by atoms with E-state index < -0.39 is 22.8 Å². The summed E-state index contributed by atoms with van der Waals surface area (Å²) in [6.45, 7) is 4.31. The number of barbiturate groups is 1. The molecular weight excluding hydrogens is 450 g/mol. The number of imide groups is 2. The third-order valence-corrected chi connectivity index (χ3v) is 5.58. The van der Waals surface area contributed by atoms with Crippen LogP contribution in [0.5, 0.6) is 5.75 Å². The number of anilines is 1. The Kier molecular flexibility index (Phi) is 6.41. The van der Waals surface area contributed by atoms with E-state index in [1.807, 2.05) is 32.0 Å². The molecule has 4 rings (SSSR count). The molecule has 0 bridgehead atoms. The van der Waals surface area contributed by atoms with Crippen LogP contribution in [0, 0.1) is 24.0 Å². The largest absolute Gasteiger partial charge is 0.488 e. The van der Waals surface area contributed by atoms with Gasteiger partial charge < -0.3 is 4.74 Å². The zero-order valence-corrected chi connectivity index (χ0v) is 19.0. The number of nitrogens with one attached hydrogen (secondary N) is 1. The van der Waals surface area contributed by atoms with Crippen molar-refractivity contribution in [1.82, 2.24) is 5.32 Å². The number of nitro benzene ring substituents is 1. The van der Waals surface area contributed by atoms with Crippen LogP contribution in [-0.4, -0.2) is 22.8 Å². The Morgan fingerprint density at radius 2 is 1.74 bits per heavy atom. The van der Waals surface area contributed by atoms with Gasteiger partial charge in [0.1, 0.15) is 17.9 Å². The maximum Gasteiger partial charge on any atom is 0.335 e. The molecular formula is C26H21N3O6. The van der Waals surface area contributed by atoms with Gasteiger partial charge in [-0.3, -0.25) is 25.0 Å². The molecule has 4 amide bonds. The minimum absolute atomic E-state index is 0.0284. The molecule has 0 radical (unpaired) electrons. The van der Waals surface area contributed by atoms with Crippen LogP contribution in [0.2, 0.25) is 0 Å². The number of hydrogen-bond donors (Lipinski definition) is 1. The highest BCUT2D eigenvalue weighted by molar-refractivity contribution is 6.39. The Balaban J connectivity index is 1.64. The Hall–Kier alpha value is -4.79. The van der Waals surface area contributed by atoms with Crippen LogP contribution in [0.3, 0.4) is 0 Å². The van der Waals surface area contributed by atoms with Gasteiger partial charge in [-0.1, -0.05) is 42.5 Å². The molecule has 0 unspecified atom stereocenters. The Morgan fingerprint density at radius 1 is 0.971 bits per heavy atom. The molecule has 0 atom stereocenters. The minimum Gasteiger partial charge on any atom is -0.488 e.